The van der Waals surface area contributed by atoms with Crippen molar-refractivity contribution in [1.82, 2.24) is 4.90 Å². The maximum atomic E-state index is 12.4. The number of hydrogen-bond donors (Lipinski definition) is 0. The number of carbonyl (C=O) groups is 1. The van der Waals surface area contributed by atoms with E-state index >= 15 is 0 Å². The standard InChI is InChI=1S/C20H22BrClN2O2/c1-14-4-3-5-18(15(14)2)23-8-10-24(11-9-23)20(25)13-26-19-7-6-16(21)12-17(19)22/h3-7,12H,8-11,13H2,1-2H3. The zero-order valence-corrected chi connectivity index (χ0v) is 17.3. The third-order valence-electron chi connectivity index (χ3n) is 4.79. The number of carbonyl (C=O) groups excluding carboxylic acids is 1. The Morgan fingerprint density at radius 1 is 1.15 bits per heavy atom. The van der Waals surface area contributed by atoms with Crippen LogP contribution in [-0.4, -0.2) is 43.6 Å². The van der Waals surface area contributed by atoms with Gasteiger partial charge in [0.05, 0.1) is 5.02 Å². The van der Waals surface area contributed by atoms with Crippen LogP contribution in [0.25, 0.3) is 0 Å². The number of halogens is 2. The molecule has 6 heteroatoms. The van der Waals surface area contributed by atoms with Gasteiger partial charge in [-0.25, -0.2) is 0 Å². The van der Waals surface area contributed by atoms with E-state index in [2.05, 4.69) is 52.9 Å². The summed E-state index contributed by atoms with van der Waals surface area (Å²) in [5.74, 6) is 0.516. The first-order chi connectivity index (χ1) is 12.5. The fraction of sp³-hybridized carbons (Fsp3) is 0.350. The van der Waals surface area contributed by atoms with Crippen molar-refractivity contribution in [3.05, 3.63) is 57.0 Å². The summed E-state index contributed by atoms with van der Waals surface area (Å²) in [5.41, 5.74) is 3.86. The molecule has 1 amide bonds. The smallest absolute Gasteiger partial charge is 0.260 e. The summed E-state index contributed by atoms with van der Waals surface area (Å²) in [4.78, 5) is 16.6. The molecule has 138 valence electrons. The van der Waals surface area contributed by atoms with Gasteiger partial charge in [0, 0.05) is 36.3 Å². The van der Waals surface area contributed by atoms with Gasteiger partial charge in [0.15, 0.2) is 6.61 Å². The van der Waals surface area contributed by atoms with Gasteiger partial charge < -0.3 is 14.5 Å². The SMILES string of the molecule is Cc1cccc(N2CCN(C(=O)COc3ccc(Br)cc3Cl)CC2)c1C. The number of piperazine rings is 1. The van der Waals surface area contributed by atoms with E-state index in [0.717, 1.165) is 17.6 Å². The predicted octanol–water partition coefficient (Wildman–Crippen LogP) is 4.45. The monoisotopic (exact) mass is 436 g/mol. The zero-order chi connectivity index (χ0) is 18.7. The lowest BCUT2D eigenvalue weighted by Gasteiger charge is -2.37. The van der Waals surface area contributed by atoms with Crippen LogP contribution < -0.4 is 9.64 Å². The van der Waals surface area contributed by atoms with Crippen molar-refractivity contribution in [2.75, 3.05) is 37.7 Å². The van der Waals surface area contributed by atoms with Crippen LogP contribution in [0.2, 0.25) is 5.02 Å². The number of rotatable bonds is 4. The van der Waals surface area contributed by atoms with Gasteiger partial charge in [-0.15, -0.1) is 0 Å². The van der Waals surface area contributed by atoms with Gasteiger partial charge in [0.2, 0.25) is 0 Å². The first-order valence-corrected chi connectivity index (χ1v) is 9.79. The number of ether oxygens (including phenoxy) is 1. The molecule has 3 rings (SSSR count). The molecule has 0 aliphatic carbocycles. The molecule has 0 N–H and O–H groups in total. The van der Waals surface area contributed by atoms with E-state index in [4.69, 9.17) is 16.3 Å². The van der Waals surface area contributed by atoms with Crippen LogP contribution in [-0.2, 0) is 4.79 Å². The van der Waals surface area contributed by atoms with Crippen molar-refractivity contribution in [2.24, 2.45) is 0 Å². The van der Waals surface area contributed by atoms with Crippen molar-refractivity contribution in [2.45, 2.75) is 13.8 Å². The Kier molecular flexibility index (Phi) is 6.09. The van der Waals surface area contributed by atoms with Crippen LogP contribution in [0, 0.1) is 13.8 Å². The molecule has 0 aromatic heterocycles. The van der Waals surface area contributed by atoms with Crippen LogP contribution in [0.1, 0.15) is 11.1 Å². The van der Waals surface area contributed by atoms with Crippen molar-refractivity contribution in [3.8, 4) is 5.75 Å². The van der Waals surface area contributed by atoms with Crippen molar-refractivity contribution in [3.63, 3.8) is 0 Å². The lowest BCUT2D eigenvalue weighted by atomic mass is 10.1. The predicted molar refractivity (Wildman–Crippen MR) is 109 cm³/mol. The van der Waals surface area contributed by atoms with Crippen LogP contribution >= 0.6 is 27.5 Å². The van der Waals surface area contributed by atoms with E-state index in [1.807, 2.05) is 11.0 Å². The average molecular weight is 438 g/mol. The fourth-order valence-electron chi connectivity index (χ4n) is 3.10. The molecule has 0 bridgehead atoms. The van der Waals surface area contributed by atoms with Gasteiger partial charge >= 0.3 is 0 Å². The number of hydrogen-bond acceptors (Lipinski definition) is 3. The van der Waals surface area contributed by atoms with E-state index in [1.54, 1.807) is 12.1 Å². The Morgan fingerprint density at radius 2 is 1.88 bits per heavy atom. The zero-order valence-electron chi connectivity index (χ0n) is 15.0. The molecule has 0 atom stereocenters. The quantitative estimate of drug-likeness (QED) is 0.708. The molecule has 1 fully saturated rings. The summed E-state index contributed by atoms with van der Waals surface area (Å²) in [6.07, 6.45) is 0. The first kappa shape index (κ1) is 19.1. The van der Waals surface area contributed by atoms with E-state index in [9.17, 15) is 4.79 Å². The molecule has 2 aromatic carbocycles. The summed E-state index contributed by atoms with van der Waals surface area (Å²) >= 11 is 9.48. The molecule has 1 aliphatic heterocycles. The van der Waals surface area contributed by atoms with E-state index < -0.39 is 0 Å². The van der Waals surface area contributed by atoms with Gasteiger partial charge in [-0.2, -0.15) is 0 Å². The van der Waals surface area contributed by atoms with E-state index in [1.165, 1.54) is 16.8 Å². The molecule has 1 heterocycles. The summed E-state index contributed by atoms with van der Waals surface area (Å²) < 4.78 is 6.47. The Morgan fingerprint density at radius 3 is 2.58 bits per heavy atom. The minimum atomic E-state index is -0.00963. The lowest BCUT2D eigenvalue weighted by Crippen LogP contribution is -2.50. The molecule has 4 nitrogen and oxygen atoms in total. The number of amides is 1. The summed E-state index contributed by atoms with van der Waals surface area (Å²) in [5, 5.41) is 0.493. The molecule has 0 unspecified atom stereocenters. The molecule has 26 heavy (non-hydrogen) atoms. The third-order valence-corrected chi connectivity index (χ3v) is 5.58. The largest absolute Gasteiger partial charge is 0.482 e. The summed E-state index contributed by atoms with van der Waals surface area (Å²) in [7, 11) is 0. The molecule has 0 saturated carbocycles. The minimum absolute atomic E-state index is 0.00479. The number of benzene rings is 2. The van der Waals surface area contributed by atoms with Crippen LogP contribution in [0.4, 0.5) is 5.69 Å². The lowest BCUT2D eigenvalue weighted by molar-refractivity contribution is -0.133. The van der Waals surface area contributed by atoms with Gasteiger partial charge in [-0.05, 0) is 49.2 Å². The fourth-order valence-corrected chi connectivity index (χ4v) is 3.83. The Hall–Kier alpha value is -1.72. The molecular weight excluding hydrogens is 416 g/mol. The van der Waals surface area contributed by atoms with Gasteiger partial charge in [-0.3, -0.25) is 4.79 Å². The average Bonchev–Trinajstić information content (AvgIpc) is 2.63. The second-order valence-corrected chi connectivity index (χ2v) is 7.77. The highest BCUT2D eigenvalue weighted by Crippen LogP contribution is 2.28. The first-order valence-electron chi connectivity index (χ1n) is 8.62. The maximum Gasteiger partial charge on any atom is 0.260 e. The highest BCUT2D eigenvalue weighted by atomic mass is 79.9. The molecule has 0 radical (unpaired) electrons. The molecule has 1 saturated heterocycles. The summed E-state index contributed by atoms with van der Waals surface area (Å²) in [6, 6.07) is 11.7. The van der Waals surface area contributed by atoms with Gasteiger partial charge in [0.25, 0.3) is 5.91 Å². The van der Waals surface area contributed by atoms with Crippen LogP contribution in [0.3, 0.4) is 0 Å². The maximum absolute atomic E-state index is 12.4. The van der Waals surface area contributed by atoms with Gasteiger partial charge in [-0.1, -0.05) is 39.7 Å². The molecule has 1 aliphatic rings. The number of nitrogens with zero attached hydrogens (tertiary/aromatic N) is 2. The highest BCUT2D eigenvalue weighted by molar-refractivity contribution is 9.10. The molecule has 2 aromatic rings. The normalized spacial score (nSPS) is 14.5. The highest BCUT2D eigenvalue weighted by Gasteiger charge is 2.22. The van der Waals surface area contributed by atoms with E-state index in [-0.39, 0.29) is 12.5 Å². The minimum Gasteiger partial charge on any atom is -0.482 e. The molecule has 0 spiro atoms. The Balaban J connectivity index is 1.54. The van der Waals surface area contributed by atoms with Crippen LogP contribution in [0.5, 0.6) is 5.75 Å². The second kappa shape index (κ2) is 8.31. The Bertz CT molecular complexity index is 804. The van der Waals surface area contributed by atoms with Crippen molar-refractivity contribution >= 4 is 39.1 Å². The van der Waals surface area contributed by atoms with Crippen molar-refractivity contribution in [1.29, 1.82) is 0 Å². The van der Waals surface area contributed by atoms with Crippen LogP contribution in [0.15, 0.2) is 40.9 Å². The summed E-state index contributed by atoms with van der Waals surface area (Å²) in [6.45, 7) is 7.34. The van der Waals surface area contributed by atoms with Crippen molar-refractivity contribution < 1.29 is 9.53 Å². The number of anilines is 1. The van der Waals surface area contributed by atoms with E-state index in [0.29, 0.717) is 23.9 Å². The third kappa shape index (κ3) is 4.33. The molecular formula is C20H22BrClN2O2. The number of aryl methyl sites for hydroxylation is 1. The van der Waals surface area contributed by atoms with Gasteiger partial charge in [0.1, 0.15) is 5.75 Å². The Labute approximate surface area is 167 Å². The second-order valence-electron chi connectivity index (χ2n) is 6.45. The topological polar surface area (TPSA) is 32.8 Å².